The molecule has 0 amide bonds. The van der Waals surface area contributed by atoms with E-state index in [1.165, 1.54) is 10.8 Å². The third kappa shape index (κ3) is 2.60. The van der Waals surface area contributed by atoms with Gasteiger partial charge >= 0.3 is 5.97 Å². The predicted octanol–water partition coefficient (Wildman–Crippen LogP) is 2.47. The lowest BCUT2D eigenvalue weighted by atomic mass is 9.98. The molecule has 0 spiro atoms. The van der Waals surface area contributed by atoms with Crippen molar-refractivity contribution in [3.8, 4) is 0 Å². The Kier molecular flexibility index (Phi) is 3.90. The maximum Gasteiger partial charge on any atom is 0.342 e. The van der Waals surface area contributed by atoms with Crippen LogP contribution in [0.5, 0.6) is 0 Å². The van der Waals surface area contributed by atoms with E-state index in [2.05, 4.69) is 9.88 Å². The minimum Gasteiger partial charge on any atom is -0.477 e. The van der Waals surface area contributed by atoms with Crippen molar-refractivity contribution in [1.29, 1.82) is 0 Å². The molecule has 1 aliphatic heterocycles. The molecule has 2 aromatic rings. The fourth-order valence-corrected chi connectivity index (χ4v) is 3.17. The van der Waals surface area contributed by atoms with Crippen LogP contribution in [0.2, 0.25) is 0 Å². The summed E-state index contributed by atoms with van der Waals surface area (Å²) >= 11 is 0. The number of hydrogen-bond acceptors (Lipinski definition) is 4. The van der Waals surface area contributed by atoms with Crippen LogP contribution in [-0.2, 0) is 0 Å². The van der Waals surface area contributed by atoms with E-state index in [4.69, 9.17) is 5.11 Å². The number of carbonyl (C=O) groups is 1. The monoisotopic (exact) mass is 313 g/mol. The van der Waals surface area contributed by atoms with Crippen LogP contribution in [0.4, 0.5) is 5.69 Å². The Labute approximate surface area is 134 Å². The Bertz CT molecular complexity index is 785. The number of nitrogens with zero attached hydrogens (tertiary/aromatic N) is 3. The van der Waals surface area contributed by atoms with E-state index in [-0.39, 0.29) is 17.6 Å². The Balaban J connectivity index is 2.09. The first-order chi connectivity index (χ1) is 11.0. The number of carboxylic acids is 1. The average molecular weight is 313 g/mol. The Morgan fingerprint density at radius 3 is 2.65 bits per heavy atom. The highest BCUT2D eigenvalue weighted by Gasteiger charge is 2.31. The van der Waals surface area contributed by atoms with Gasteiger partial charge in [-0.1, -0.05) is 18.2 Å². The van der Waals surface area contributed by atoms with Crippen LogP contribution in [0, 0.1) is 0 Å². The Morgan fingerprint density at radius 2 is 2.00 bits per heavy atom. The second-order valence-electron chi connectivity index (χ2n) is 5.90. The van der Waals surface area contributed by atoms with Gasteiger partial charge < -0.3 is 10.0 Å². The van der Waals surface area contributed by atoms with E-state index < -0.39 is 11.5 Å². The van der Waals surface area contributed by atoms with Crippen LogP contribution >= 0.6 is 0 Å². The molecule has 0 saturated carbocycles. The lowest BCUT2D eigenvalue weighted by Crippen LogP contribution is -2.40. The standard InChI is InChI=1S/C17H19N3O3/c1-11-8-9-14(19(2)12-6-4-3-5-7-12)15-18-10-13(17(22)23)16(21)20(11)15/h3-7,10-11,14H,8-9H2,1-2H3,(H,22,23). The summed E-state index contributed by atoms with van der Waals surface area (Å²) in [6, 6.07) is 9.79. The van der Waals surface area contributed by atoms with Gasteiger partial charge in [-0.25, -0.2) is 9.78 Å². The van der Waals surface area contributed by atoms with Gasteiger partial charge in [0, 0.05) is 25.0 Å². The fourth-order valence-electron chi connectivity index (χ4n) is 3.17. The molecule has 6 nitrogen and oxygen atoms in total. The number of hydrogen-bond donors (Lipinski definition) is 1. The number of fused-ring (bicyclic) bond motifs is 1. The van der Waals surface area contributed by atoms with Gasteiger partial charge in [-0.3, -0.25) is 9.36 Å². The molecule has 23 heavy (non-hydrogen) atoms. The number of carboxylic acid groups (broad SMARTS) is 1. The predicted molar refractivity (Wildman–Crippen MR) is 87.0 cm³/mol. The van der Waals surface area contributed by atoms with Gasteiger partial charge in [0.05, 0.1) is 6.04 Å². The van der Waals surface area contributed by atoms with E-state index >= 15 is 0 Å². The van der Waals surface area contributed by atoms with Crippen molar-refractivity contribution in [2.24, 2.45) is 0 Å². The van der Waals surface area contributed by atoms with Crippen LogP contribution < -0.4 is 10.5 Å². The second-order valence-corrected chi connectivity index (χ2v) is 5.90. The first-order valence-corrected chi connectivity index (χ1v) is 7.63. The molecule has 0 bridgehead atoms. The van der Waals surface area contributed by atoms with Crippen LogP contribution in [0.25, 0.3) is 0 Å². The number of para-hydroxylation sites is 1. The molecule has 2 heterocycles. The van der Waals surface area contributed by atoms with Crippen LogP contribution in [0.1, 0.15) is 48.0 Å². The van der Waals surface area contributed by atoms with E-state index in [1.54, 1.807) is 0 Å². The lowest BCUT2D eigenvalue weighted by Gasteiger charge is -2.36. The highest BCUT2D eigenvalue weighted by atomic mass is 16.4. The average Bonchev–Trinajstić information content (AvgIpc) is 2.55. The van der Waals surface area contributed by atoms with Crippen molar-refractivity contribution in [2.45, 2.75) is 31.8 Å². The van der Waals surface area contributed by atoms with Gasteiger partial charge in [0.1, 0.15) is 11.4 Å². The molecule has 3 rings (SSSR count). The maximum atomic E-state index is 12.5. The molecule has 2 atom stereocenters. The summed E-state index contributed by atoms with van der Waals surface area (Å²) in [6.07, 6.45) is 2.85. The summed E-state index contributed by atoms with van der Waals surface area (Å²) in [5.41, 5.74) is 0.292. The highest BCUT2D eigenvalue weighted by molar-refractivity contribution is 5.86. The summed E-state index contributed by atoms with van der Waals surface area (Å²) in [5, 5.41) is 9.14. The molecule has 1 aromatic heterocycles. The largest absolute Gasteiger partial charge is 0.477 e. The second kappa shape index (κ2) is 5.87. The lowest BCUT2D eigenvalue weighted by molar-refractivity contribution is 0.0693. The SMILES string of the molecule is CC1CCC(N(C)c2ccccc2)c2ncc(C(=O)O)c(=O)n21. The van der Waals surface area contributed by atoms with Gasteiger partial charge in [0.15, 0.2) is 0 Å². The first kappa shape index (κ1) is 15.3. The van der Waals surface area contributed by atoms with Crippen molar-refractivity contribution in [2.75, 3.05) is 11.9 Å². The van der Waals surface area contributed by atoms with Gasteiger partial charge in [-0.2, -0.15) is 0 Å². The third-order valence-electron chi connectivity index (χ3n) is 4.48. The smallest absolute Gasteiger partial charge is 0.342 e. The molecule has 1 aliphatic rings. The Morgan fingerprint density at radius 1 is 1.30 bits per heavy atom. The van der Waals surface area contributed by atoms with Crippen molar-refractivity contribution in [3.05, 3.63) is 58.3 Å². The van der Waals surface area contributed by atoms with E-state index in [9.17, 15) is 9.59 Å². The van der Waals surface area contributed by atoms with Crippen LogP contribution in [0.15, 0.2) is 41.3 Å². The number of aromatic carboxylic acids is 1. The number of rotatable bonds is 3. The molecule has 0 radical (unpaired) electrons. The first-order valence-electron chi connectivity index (χ1n) is 7.63. The summed E-state index contributed by atoms with van der Waals surface area (Å²) in [5.74, 6) is -0.603. The minimum absolute atomic E-state index is 0.0512. The van der Waals surface area contributed by atoms with Crippen LogP contribution in [0.3, 0.4) is 0 Å². The zero-order valence-corrected chi connectivity index (χ0v) is 13.1. The molecule has 2 unspecified atom stereocenters. The number of aromatic nitrogens is 2. The van der Waals surface area contributed by atoms with E-state index in [0.29, 0.717) is 5.82 Å². The zero-order chi connectivity index (χ0) is 16.6. The molecular weight excluding hydrogens is 294 g/mol. The Hall–Kier alpha value is -2.63. The highest BCUT2D eigenvalue weighted by Crippen LogP contribution is 2.34. The van der Waals surface area contributed by atoms with Crippen molar-refractivity contribution in [3.63, 3.8) is 0 Å². The molecule has 0 aliphatic carbocycles. The molecule has 0 saturated heterocycles. The summed E-state index contributed by atoms with van der Waals surface area (Å²) < 4.78 is 1.54. The van der Waals surface area contributed by atoms with Crippen LogP contribution in [-0.4, -0.2) is 27.7 Å². The minimum atomic E-state index is -1.23. The van der Waals surface area contributed by atoms with E-state index in [0.717, 1.165) is 18.5 Å². The summed E-state index contributed by atoms with van der Waals surface area (Å²) in [6.45, 7) is 1.93. The molecule has 0 fully saturated rings. The third-order valence-corrected chi connectivity index (χ3v) is 4.48. The summed E-state index contributed by atoms with van der Waals surface area (Å²) in [7, 11) is 1.97. The topological polar surface area (TPSA) is 75.4 Å². The van der Waals surface area contributed by atoms with Gasteiger partial charge in [0.2, 0.25) is 0 Å². The number of benzene rings is 1. The quantitative estimate of drug-likeness (QED) is 0.942. The summed E-state index contributed by atoms with van der Waals surface area (Å²) in [4.78, 5) is 30.1. The van der Waals surface area contributed by atoms with Crippen molar-refractivity contribution < 1.29 is 9.90 Å². The van der Waals surface area contributed by atoms with Gasteiger partial charge in [-0.05, 0) is 31.9 Å². The molecule has 1 aromatic carbocycles. The van der Waals surface area contributed by atoms with Gasteiger partial charge in [-0.15, -0.1) is 0 Å². The fraction of sp³-hybridized carbons (Fsp3) is 0.353. The van der Waals surface area contributed by atoms with E-state index in [1.807, 2.05) is 44.3 Å². The van der Waals surface area contributed by atoms with Crippen molar-refractivity contribution in [1.82, 2.24) is 9.55 Å². The molecular formula is C17H19N3O3. The molecule has 6 heteroatoms. The maximum absolute atomic E-state index is 12.5. The number of anilines is 1. The normalized spacial score (nSPS) is 19.9. The van der Waals surface area contributed by atoms with Gasteiger partial charge in [0.25, 0.3) is 5.56 Å². The van der Waals surface area contributed by atoms with Crippen molar-refractivity contribution >= 4 is 11.7 Å². The molecule has 1 N–H and O–H groups in total. The molecule has 120 valence electrons. The zero-order valence-electron chi connectivity index (χ0n) is 13.1.